The second kappa shape index (κ2) is 5.52. The van der Waals surface area contributed by atoms with Crippen LogP contribution in [-0.4, -0.2) is 31.1 Å². The third-order valence-corrected chi connectivity index (χ3v) is 3.66. The molecule has 2 N–H and O–H groups in total. The molecule has 17 heavy (non-hydrogen) atoms. The van der Waals surface area contributed by atoms with Crippen LogP contribution in [0, 0.1) is 0 Å². The highest BCUT2D eigenvalue weighted by atomic mass is 16.5. The first-order valence-corrected chi connectivity index (χ1v) is 6.29. The van der Waals surface area contributed by atoms with Crippen LogP contribution in [0.5, 0.6) is 5.75 Å². The molecule has 0 radical (unpaired) electrons. The van der Waals surface area contributed by atoms with Crippen molar-refractivity contribution in [3.8, 4) is 5.75 Å². The Morgan fingerprint density at radius 2 is 2.24 bits per heavy atom. The van der Waals surface area contributed by atoms with E-state index in [1.54, 1.807) is 7.11 Å². The molecule has 0 aromatic heterocycles. The van der Waals surface area contributed by atoms with E-state index < -0.39 is 0 Å². The topological polar surface area (TPSA) is 38.5 Å². The maximum Gasteiger partial charge on any atom is 0.119 e. The van der Waals surface area contributed by atoms with Crippen molar-refractivity contribution in [2.45, 2.75) is 37.9 Å². The smallest absolute Gasteiger partial charge is 0.119 e. The molecule has 2 unspecified atom stereocenters. The van der Waals surface area contributed by atoms with Crippen molar-refractivity contribution >= 4 is 0 Å². The molecule has 0 aliphatic heterocycles. The average Bonchev–Trinajstić information content (AvgIpc) is 2.76. The number of rotatable bonds is 4. The Labute approximate surface area is 104 Å². The number of likely N-dealkylation sites (N-methyl/N-ethyl adjacent to an activating group) is 1. The van der Waals surface area contributed by atoms with E-state index in [-0.39, 0.29) is 0 Å². The van der Waals surface area contributed by atoms with Crippen molar-refractivity contribution in [1.82, 2.24) is 4.90 Å². The molecule has 0 bridgehead atoms. The van der Waals surface area contributed by atoms with Crippen molar-refractivity contribution in [2.75, 3.05) is 14.2 Å². The second-order valence-corrected chi connectivity index (χ2v) is 4.93. The van der Waals surface area contributed by atoms with Crippen molar-refractivity contribution in [2.24, 2.45) is 5.73 Å². The van der Waals surface area contributed by atoms with Crippen LogP contribution in [0.3, 0.4) is 0 Å². The van der Waals surface area contributed by atoms with Gasteiger partial charge in [0.2, 0.25) is 0 Å². The zero-order valence-electron chi connectivity index (χ0n) is 10.7. The van der Waals surface area contributed by atoms with E-state index in [0.717, 1.165) is 18.7 Å². The summed E-state index contributed by atoms with van der Waals surface area (Å²) in [6.07, 6.45) is 3.64. The number of hydrogen-bond donors (Lipinski definition) is 1. The van der Waals surface area contributed by atoms with E-state index in [2.05, 4.69) is 24.1 Å². The summed E-state index contributed by atoms with van der Waals surface area (Å²) in [5.41, 5.74) is 7.41. The summed E-state index contributed by atoms with van der Waals surface area (Å²) in [7, 11) is 3.87. The zero-order valence-corrected chi connectivity index (χ0v) is 10.7. The molecule has 0 spiro atoms. The van der Waals surface area contributed by atoms with Crippen molar-refractivity contribution < 1.29 is 4.74 Å². The van der Waals surface area contributed by atoms with Crippen molar-refractivity contribution in [3.05, 3.63) is 29.8 Å². The second-order valence-electron chi connectivity index (χ2n) is 4.93. The van der Waals surface area contributed by atoms with Gasteiger partial charge in [-0.25, -0.2) is 0 Å². The lowest BCUT2D eigenvalue weighted by atomic mass is 10.1. The van der Waals surface area contributed by atoms with Gasteiger partial charge in [-0.15, -0.1) is 0 Å². The standard InChI is InChI=1S/C14H22N2O/c1-16(14-8-4-7-13(14)15)10-11-5-3-6-12(9-11)17-2/h3,5-6,9,13-14H,4,7-8,10,15H2,1-2H3. The molecule has 1 aliphatic rings. The summed E-state index contributed by atoms with van der Waals surface area (Å²) in [5.74, 6) is 0.923. The molecule has 1 aromatic carbocycles. The molecule has 3 nitrogen and oxygen atoms in total. The van der Waals surface area contributed by atoms with Gasteiger partial charge in [0.1, 0.15) is 5.75 Å². The average molecular weight is 234 g/mol. The fourth-order valence-electron chi connectivity index (χ4n) is 2.69. The Morgan fingerprint density at radius 1 is 1.41 bits per heavy atom. The Balaban J connectivity index is 1.99. The van der Waals surface area contributed by atoms with E-state index >= 15 is 0 Å². The van der Waals surface area contributed by atoms with Gasteiger partial charge in [0.25, 0.3) is 0 Å². The maximum absolute atomic E-state index is 6.12. The Bertz CT molecular complexity index is 367. The molecule has 0 amide bonds. The van der Waals surface area contributed by atoms with Crippen LogP contribution in [0.2, 0.25) is 0 Å². The summed E-state index contributed by atoms with van der Waals surface area (Å²) in [5, 5.41) is 0. The molecule has 1 saturated carbocycles. The third-order valence-electron chi connectivity index (χ3n) is 3.66. The van der Waals surface area contributed by atoms with Gasteiger partial charge in [-0.2, -0.15) is 0 Å². The molecule has 3 heteroatoms. The summed E-state index contributed by atoms with van der Waals surface area (Å²) < 4.78 is 5.24. The van der Waals surface area contributed by atoms with E-state index in [1.165, 1.54) is 18.4 Å². The van der Waals surface area contributed by atoms with Gasteiger partial charge in [0, 0.05) is 18.6 Å². The fraction of sp³-hybridized carbons (Fsp3) is 0.571. The van der Waals surface area contributed by atoms with Gasteiger partial charge in [0.05, 0.1) is 7.11 Å². The lowest BCUT2D eigenvalue weighted by Crippen LogP contribution is -2.41. The Morgan fingerprint density at radius 3 is 2.88 bits per heavy atom. The largest absolute Gasteiger partial charge is 0.497 e. The van der Waals surface area contributed by atoms with Gasteiger partial charge in [-0.05, 0) is 37.6 Å². The van der Waals surface area contributed by atoms with Gasteiger partial charge in [-0.3, -0.25) is 4.90 Å². The van der Waals surface area contributed by atoms with Crippen LogP contribution in [0.15, 0.2) is 24.3 Å². The molecule has 94 valence electrons. The molecule has 2 rings (SSSR count). The molecule has 1 aliphatic carbocycles. The molecule has 1 aromatic rings. The number of benzene rings is 1. The first-order valence-electron chi connectivity index (χ1n) is 6.29. The predicted octanol–water partition coefficient (Wildman–Crippen LogP) is 2.01. The highest BCUT2D eigenvalue weighted by Gasteiger charge is 2.27. The highest BCUT2D eigenvalue weighted by molar-refractivity contribution is 5.28. The highest BCUT2D eigenvalue weighted by Crippen LogP contribution is 2.23. The van der Waals surface area contributed by atoms with Crippen molar-refractivity contribution in [1.29, 1.82) is 0 Å². The summed E-state index contributed by atoms with van der Waals surface area (Å²) in [6.45, 7) is 0.940. The van der Waals surface area contributed by atoms with Gasteiger partial charge in [-0.1, -0.05) is 18.6 Å². The first-order chi connectivity index (χ1) is 8.20. The molecule has 0 saturated heterocycles. The number of hydrogen-bond acceptors (Lipinski definition) is 3. The van der Waals surface area contributed by atoms with Crippen LogP contribution in [0.1, 0.15) is 24.8 Å². The van der Waals surface area contributed by atoms with Crippen molar-refractivity contribution in [3.63, 3.8) is 0 Å². The number of nitrogens with zero attached hydrogens (tertiary/aromatic N) is 1. The van der Waals surface area contributed by atoms with Gasteiger partial charge < -0.3 is 10.5 Å². The first kappa shape index (κ1) is 12.4. The molecule has 2 atom stereocenters. The molecule has 0 heterocycles. The van der Waals surface area contributed by atoms with Gasteiger partial charge in [0.15, 0.2) is 0 Å². The van der Waals surface area contributed by atoms with E-state index in [0.29, 0.717) is 12.1 Å². The van der Waals surface area contributed by atoms with Crippen LogP contribution >= 0.6 is 0 Å². The van der Waals surface area contributed by atoms with Crippen LogP contribution in [-0.2, 0) is 6.54 Å². The molecule has 1 fully saturated rings. The number of methoxy groups -OCH3 is 1. The maximum atomic E-state index is 6.12. The third kappa shape index (κ3) is 2.99. The number of ether oxygens (including phenoxy) is 1. The van der Waals surface area contributed by atoms with Crippen LogP contribution in [0.25, 0.3) is 0 Å². The van der Waals surface area contributed by atoms with Crippen LogP contribution in [0.4, 0.5) is 0 Å². The van der Waals surface area contributed by atoms with Crippen LogP contribution < -0.4 is 10.5 Å². The lowest BCUT2D eigenvalue weighted by Gasteiger charge is -2.27. The predicted molar refractivity (Wildman–Crippen MR) is 70.1 cm³/mol. The zero-order chi connectivity index (χ0) is 12.3. The minimum Gasteiger partial charge on any atom is -0.497 e. The monoisotopic (exact) mass is 234 g/mol. The SMILES string of the molecule is COc1cccc(CN(C)C2CCCC2N)c1. The number of nitrogens with two attached hydrogens (primary N) is 1. The van der Waals surface area contributed by atoms with E-state index in [9.17, 15) is 0 Å². The molecular weight excluding hydrogens is 212 g/mol. The Kier molecular flexibility index (Phi) is 4.02. The fourth-order valence-corrected chi connectivity index (χ4v) is 2.69. The van der Waals surface area contributed by atoms with Gasteiger partial charge >= 0.3 is 0 Å². The normalized spacial score (nSPS) is 24.2. The summed E-state index contributed by atoms with van der Waals surface area (Å²) >= 11 is 0. The summed E-state index contributed by atoms with van der Waals surface area (Å²) in [6, 6.07) is 9.12. The van der Waals surface area contributed by atoms with E-state index in [4.69, 9.17) is 10.5 Å². The van der Waals surface area contributed by atoms with E-state index in [1.807, 2.05) is 12.1 Å². The lowest BCUT2D eigenvalue weighted by molar-refractivity contribution is 0.220. The summed E-state index contributed by atoms with van der Waals surface area (Å²) in [4.78, 5) is 2.37. The minimum absolute atomic E-state index is 0.339. The minimum atomic E-state index is 0.339. The Hall–Kier alpha value is -1.06. The quantitative estimate of drug-likeness (QED) is 0.866. The molecular formula is C14H22N2O.